The van der Waals surface area contributed by atoms with Gasteiger partial charge in [-0.15, -0.1) is 0 Å². The van der Waals surface area contributed by atoms with Crippen molar-refractivity contribution in [3.05, 3.63) is 24.2 Å². The van der Waals surface area contributed by atoms with E-state index in [0.717, 1.165) is 5.76 Å². The van der Waals surface area contributed by atoms with Gasteiger partial charge in [-0.3, -0.25) is 4.79 Å². The predicted octanol–water partition coefficient (Wildman–Crippen LogP) is 1.97. The highest BCUT2D eigenvalue weighted by Crippen LogP contribution is 2.05. The number of hydrogen-bond acceptors (Lipinski definition) is 3. The molecule has 0 saturated heterocycles. The molecule has 0 aromatic carbocycles. The molecule has 1 amide bonds. The molecular weight excluding hydrogens is 204 g/mol. The first-order valence-electron chi connectivity index (χ1n) is 5.45. The number of carbonyl (C=O) groups is 1. The van der Waals surface area contributed by atoms with Crippen LogP contribution < -0.4 is 0 Å². The average Bonchev–Trinajstić information content (AvgIpc) is 2.80. The monoisotopic (exact) mass is 220 g/mol. The standard InChI is InChI=1S/C12H16N2O2/c1-2-14(9-4-8-13)12(15)7-6-11-5-3-10-16-11/h3,5,10H,2,4,6-7,9H2,1H3. The van der Waals surface area contributed by atoms with Crippen molar-refractivity contribution in [2.75, 3.05) is 13.1 Å². The lowest BCUT2D eigenvalue weighted by atomic mass is 10.2. The van der Waals surface area contributed by atoms with E-state index in [-0.39, 0.29) is 5.91 Å². The Bertz CT molecular complexity index is 352. The summed E-state index contributed by atoms with van der Waals surface area (Å²) < 4.78 is 5.16. The maximum Gasteiger partial charge on any atom is 0.223 e. The molecule has 1 heterocycles. The molecule has 0 aliphatic heterocycles. The summed E-state index contributed by atoms with van der Waals surface area (Å²) in [4.78, 5) is 13.5. The van der Waals surface area contributed by atoms with Gasteiger partial charge < -0.3 is 9.32 Å². The fraction of sp³-hybridized carbons (Fsp3) is 0.500. The van der Waals surface area contributed by atoms with Crippen molar-refractivity contribution >= 4 is 5.91 Å². The summed E-state index contributed by atoms with van der Waals surface area (Å²) in [6.45, 7) is 3.09. The first-order chi connectivity index (χ1) is 7.77. The van der Waals surface area contributed by atoms with Crippen molar-refractivity contribution in [2.45, 2.75) is 26.2 Å². The Kier molecular flexibility index (Phi) is 5.13. The molecule has 0 spiro atoms. The number of carbonyl (C=O) groups excluding carboxylic acids is 1. The van der Waals surface area contributed by atoms with Gasteiger partial charge in [-0.1, -0.05) is 0 Å². The van der Waals surface area contributed by atoms with E-state index in [4.69, 9.17) is 9.68 Å². The lowest BCUT2D eigenvalue weighted by molar-refractivity contribution is -0.131. The number of hydrogen-bond donors (Lipinski definition) is 0. The maximum absolute atomic E-state index is 11.8. The topological polar surface area (TPSA) is 57.2 Å². The normalized spacial score (nSPS) is 9.75. The number of nitrogens with zero attached hydrogens (tertiary/aromatic N) is 2. The van der Waals surface area contributed by atoms with E-state index in [1.54, 1.807) is 11.2 Å². The molecule has 1 aromatic rings. The van der Waals surface area contributed by atoms with Crippen LogP contribution in [0.3, 0.4) is 0 Å². The van der Waals surface area contributed by atoms with E-state index in [1.807, 2.05) is 25.1 Å². The van der Waals surface area contributed by atoms with Crippen LogP contribution in [0.15, 0.2) is 22.8 Å². The van der Waals surface area contributed by atoms with Crippen molar-refractivity contribution in [3.63, 3.8) is 0 Å². The molecule has 0 aliphatic carbocycles. The van der Waals surface area contributed by atoms with Gasteiger partial charge >= 0.3 is 0 Å². The third-order valence-electron chi connectivity index (χ3n) is 2.39. The molecule has 0 unspecified atom stereocenters. The van der Waals surface area contributed by atoms with Crippen LogP contribution in [0.2, 0.25) is 0 Å². The van der Waals surface area contributed by atoms with Crippen molar-refractivity contribution in [2.24, 2.45) is 0 Å². The summed E-state index contributed by atoms with van der Waals surface area (Å²) >= 11 is 0. The van der Waals surface area contributed by atoms with Gasteiger partial charge in [-0.2, -0.15) is 5.26 Å². The van der Waals surface area contributed by atoms with Crippen LogP contribution in [-0.4, -0.2) is 23.9 Å². The molecule has 4 heteroatoms. The van der Waals surface area contributed by atoms with Crippen LogP contribution in [0.25, 0.3) is 0 Å². The van der Waals surface area contributed by atoms with Crippen LogP contribution in [0.5, 0.6) is 0 Å². The SMILES string of the molecule is CCN(CCC#N)C(=O)CCc1ccco1. The van der Waals surface area contributed by atoms with Gasteiger partial charge in [0.15, 0.2) is 0 Å². The van der Waals surface area contributed by atoms with Crippen LogP contribution in [-0.2, 0) is 11.2 Å². The first-order valence-corrected chi connectivity index (χ1v) is 5.45. The van der Waals surface area contributed by atoms with Crippen LogP contribution >= 0.6 is 0 Å². The quantitative estimate of drug-likeness (QED) is 0.736. The molecule has 0 saturated carbocycles. The van der Waals surface area contributed by atoms with Gasteiger partial charge in [-0.05, 0) is 19.1 Å². The molecule has 1 aromatic heterocycles. The van der Waals surface area contributed by atoms with Crippen molar-refractivity contribution in [1.82, 2.24) is 4.90 Å². The van der Waals surface area contributed by atoms with E-state index in [2.05, 4.69) is 0 Å². The van der Waals surface area contributed by atoms with Gasteiger partial charge in [-0.25, -0.2) is 0 Å². The van der Waals surface area contributed by atoms with Gasteiger partial charge in [0.25, 0.3) is 0 Å². The Morgan fingerprint density at radius 3 is 3.00 bits per heavy atom. The zero-order chi connectivity index (χ0) is 11.8. The molecule has 0 fully saturated rings. The Hall–Kier alpha value is -1.76. The summed E-state index contributed by atoms with van der Waals surface area (Å²) in [6, 6.07) is 5.72. The van der Waals surface area contributed by atoms with Gasteiger partial charge in [0.1, 0.15) is 5.76 Å². The zero-order valence-corrected chi connectivity index (χ0v) is 9.48. The molecular formula is C12H16N2O2. The molecule has 16 heavy (non-hydrogen) atoms. The van der Waals surface area contributed by atoms with E-state index in [1.165, 1.54) is 0 Å². The molecule has 0 radical (unpaired) electrons. The number of amides is 1. The third-order valence-corrected chi connectivity index (χ3v) is 2.39. The average molecular weight is 220 g/mol. The van der Waals surface area contributed by atoms with Crippen molar-refractivity contribution in [1.29, 1.82) is 5.26 Å². The smallest absolute Gasteiger partial charge is 0.223 e. The summed E-state index contributed by atoms with van der Waals surface area (Å²) in [5.41, 5.74) is 0. The minimum absolute atomic E-state index is 0.0779. The Labute approximate surface area is 95.5 Å². The van der Waals surface area contributed by atoms with Crippen LogP contribution in [0, 0.1) is 11.3 Å². The molecule has 0 atom stereocenters. The molecule has 4 nitrogen and oxygen atoms in total. The highest BCUT2D eigenvalue weighted by molar-refractivity contribution is 5.76. The molecule has 0 aliphatic rings. The zero-order valence-electron chi connectivity index (χ0n) is 9.48. The van der Waals surface area contributed by atoms with Crippen LogP contribution in [0.1, 0.15) is 25.5 Å². The van der Waals surface area contributed by atoms with E-state index in [9.17, 15) is 4.79 Å². The summed E-state index contributed by atoms with van der Waals surface area (Å²) in [6.07, 6.45) is 3.05. The van der Waals surface area contributed by atoms with E-state index in [0.29, 0.717) is 32.4 Å². The molecule has 0 N–H and O–H groups in total. The second-order valence-corrected chi connectivity index (χ2v) is 3.46. The summed E-state index contributed by atoms with van der Waals surface area (Å²) in [5, 5.41) is 8.47. The number of aryl methyl sites for hydroxylation is 1. The Morgan fingerprint density at radius 2 is 2.44 bits per heavy atom. The van der Waals surface area contributed by atoms with E-state index >= 15 is 0 Å². The predicted molar refractivity (Wildman–Crippen MR) is 59.5 cm³/mol. The lowest BCUT2D eigenvalue weighted by Crippen LogP contribution is -2.31. The number of furan rings is 1. The Balaban J connectivity index is 2.35. The van der Waals surface area contributed by atoms with Crippen molar-refractivity contribution < 1.29 is 9.21 Å². The summed E-state index contributed by atoms with van der Waals surface area (Å²) in [5.74, 6) is 0.902. The minimum Gasteiger partial charge on any atom is -0.469 e. The second-order valence-electron chi connectivity index (χ2n) is 3.46. The van der Waals surface area contributed by atoms with Gasteiger partial charge in [0.2, 0.25) is 5.91 Å². The van der Waals surface area contributed by atoms with E-state index < -0.39 is 0 Å². The van der Waals surface area contributed by atoms with Gasteiger partial charge in [0, 0.05) is 25.9 Å². The number of rotatable bonds is 6. The van der Waals surface area contributed by atoms with Crippen molar-refractivity contribution in [3.8, 4) is 6.07 Å². The minimum atomic E-state index is 0.0779. The van der Waals surface area contributed by atoms with Crippen LogP contribution in [0.4, 0.5) is 0 Å². The largest absolute Gasteiger partial charge is 0.469 e. The first kappa shape index (κ1) is 12.3. The van der Waals surface area contributed by atoms with Gasteiger partial charge in [0.05, 0.1) is 18.8 Å². The fourth-order valence-electron chi connectivity index (χ4n) is 1.49. The fourth-order valence-corrected chi connectivity index (χ4v) is 1.49. The third kappa shape index (κ3) is 3.77. The molecule has 0 bridgehead atoms. The second kappa shape index (κ2) is 6.67. The summed E-state index contributed by atoms with van der Waals surface area (Å²) in [7, 11) is 0. The molecule has 1 rings (SSSR count). The lowest BCUT2D eigenvalue weighted by Gasteiger charge is -2.18. The molecule has 86 valence electrons. The number of nitriles is 1. The highest BCUT2D eigenvalue weighted by atomic mass is 16.3. The maximum atomic E-state index is 11.8. The highest BCUT2D eigenvalue weighted by Gasteiger charge is 2.11. The Morgan fingerprint density at radius 1 is 1.62 bits per heavy atom.